The number of pyridine rings is 1. The van der Waals surface area contributed by atoms with E-state index in [1.807, 2.05) is 6.07 Å². The summed E-state index contributed by atoms with van der Waals surface area (Å²) in [6.45, 7) is 0. The fraction of sp³-hybridized carbons (Fsp3) is 0.0833. The molecule has 0 atom stereocenters. The molecule has 0 fully saturated rings. The van der Waals surface area contributed by atoms with Gasteiger partial charge in [0, 0.05) is 28.9 Å². The van der Waals surface area contributed by atoms with Crippen LogP contribution >= 0.6 is 15.9 Å². The summed E-state index contributed by atoms with van der Waals surface area (Å²) in [5, 5.41) is 0.850. The van der Waals surface area contributed by atoms with Gasteiger partial charge in [-0.2, -0.15) is 0 Å². The fourth-order valence-electron chi connectivity index (χ4n) is 2.00. The van der Waals surface area contributed by atoms with Gasteiger partial charge in [0.1, 0.15) is 5.65 Å². The maximum atomic E-state index is 11.8. The van der Waals surface area contributed by atoms with Crippen molar-refractivity contribution < 1.29 is 9.59 Å². The number of rotatable bonds is 1. The maximum absolute atomic E-state index is 11.8. The summed E-state index contributed by atoms with van der Waals surface area (Å²) >= 11 is 3.19. The normalized spacial score (nSPS) is 16.3. The van der Waals surface area contributed by atoms with Gasteiger partial charge < -0.3 is 4.98 Å². The van der Waals surface area contributed by atoms with Gasteiger partial charge in [0.25, 0.3) is 0 Å². The molecule has 0 spiro atoms. The van der Waals surface area contributed by atoms with Crippen LogP contribution < -0.4 is 0 Å². The number of fused-ring (bicyclic) bond motifs is 1. The van der Waals surface area contributed by atoms with E-state index in [0.29, 0.717) is 15.7 Å². The lowest BCUT2D eigenvalue weighted by Gasteiger charge is -1.98. The SMILES string of the molecule is O=C1CC(=O)C(c2c[nH]c3ncccc23)=C1Br. The Labute approximate surface area is 105 Å². The molecule has 1 aliphatic carbocycles. The number of aromatic amines is 1. The monoisotopic (exact) mass is 290 g/mol. The van der Waals surface area contributed by atoms with Crippen LogP contribution in [0.25, 0.3) is 16.6 Å². The molecule has 1 N–H and O–H groups in total. The molecule has 1 aliphatic rings. The molecule has 0 saturated carbocycles. The molecule has 0 bridgehead atoms. The highest BCUT2D eigenvalue weighted by Crippen LogP contribution is 2.35. The van der Waals surface area contributed by atoms with Gasteiger partial charge in [0.2, 0.25) is 0 Å². The highest BCUT2D eigenvalue weighted by Gasteiger charge is 2.31. The molecule has 17 heavy (non-hydrogen) atoms. The van der Waals surface area contributed by atoms with E-state index >= 15 is 0 Å². The van der Waals surface area contributed by atoms with E-state index in [4.69, 9.17) is 0 Å². The fourth-order valence-corrected chi connectivity index (χ4v) is 2.58. The van der Waals surface area contributed by atoms with Crippen LogP contribution in [-0.2, 0) is 9.59 Å². The topological polar surface area (TPSA) is 62.8 Å². The van der Waals surface area contributed by atoms with Gasteiger partial charge in [-0.05, 0) is 28.1 Å². The second-order valence-corrected chi connectivity index (χ2v) is 4.61. The lowest BCUT2D eigenvalue weighted by molar-refractivity contribution is -0.120. The van der Waals surface area contributed by atoms with E-state index in [0.717, 1.165) is 10.9 Å². The van der Waals surface area contributed by atoms with Crippen LogP contribution in [-0.4, -0.2) is 21.5 Å². The molecular weight excluding hydrogens is 284 g/mol. The van der Waals surface area contributed by atoms with Gasteiger partial charge in [-0.25, -0.2) is 4.98 Å². The number of H-pyrrole nitrogens is 1. The van der Waals surface area contributed by atoms with Crippen LogP contribution in [0.1, 0.15) is 12.0 Å². The predicted octanol–water partition coefficient (Wildman–Crippen LogP) is 2.21. The molecule has 2 aromatic rings. The molecule has 4 nitrogen and oxygen atoms in total. The maximum Gasteiger partial charge on any atom is 0.178 e. The van der Waals surface area contributed by atoms with Gasteiger partial charge in [-0.15, -0.1) is 0 Å². The largest absolute Gasteiger partial charge is 0.346 e. The lowest BCUT2D eigenvalue weighted by Crippen LogP contribution is -1.96. The van der Waals surface area contributed by atoms with Crippen LogP contribution in [0.3, 0.4) is 0 Å². The number of halogens is 1. The Balaban J connectivity index is 2.29. The van der Waals surface area contributed by atoms with E-state index in [1.165, 1.54) is 0 Å². The summed E-state index contributed by atoms with van der Waals surface area (Å²) in [6, 6.07) is 3.67. The first kappa shape index (κ1) is 10.4. The molecule has 0 amide bonds. The predicted molar refractivity (Wildman–Crippen MR) is 66.6 cm³/mol. The van der Waals surface area contributed by atoms with E-state index in [9.17, 15) is 9.59 Å². The smallest absolute Gasteiger partial charge is 0.178 e. The zero-order valence-corrected chi connectivity index (χ0v) is 10.2. The number of carbonyl (C=O) groups is 2. The molecule has 5 heteroatoms. The van der Waals surface area contributed by atoms with Crippen molar-refractivity contribution in [3.63, 3.8) is 0 Å². The van der Waals surface area contributed by atoms with Crippen molar-refractivity contribution in [2.75, 3.05) is 0 Å². The van der Waals surface area contributed by atoms with Gasteiger partial charge in [-0.3, -0.25) is 9.59 Å². The van der Waals surface area contributed by atoms with Crippen LogP contribution in [0.5, 0.6) is 0 Å². The van der Waals surface area contributed by atoms with Crippen molar-refractivity contribution in [3.05, 3.63) is 34.6 Å². The molecular formula is C12H7BrN2O2. The average molecular weight is 291 g/mol. The van der Waals surface area contributed by atoms with Gasteiger partial charge >= 0.3 is 0 Å². The Morgan fingerprint density at radius 1 is 1.29 bits per heavy atom. The number of nitrogens with zero attached hydrogens (tertiary/aromatic N) is 1. The van der Waals surface area contributed by atoms with Gasteiger partial charge in [0.15, 0.2) is 11.6 Å². The molecule has 0 saturated heterocycles. The summed E-state index contributed by atoms with van der Waals surface area (Å²) < 4.78 is 0.368. The Morgan fingerprint density at radius 3 is 2.82 bits per heavy atom. The number of hydrogen-bond donors (Lipinski definition) is 1. The van der Waals surface area contributed by atoms with E-state index in [1.54, 1.807) is 18.5 Å². The average Bonchev–Trinajstić information content (AvgIpc) is 2.82. The van der Waals surface area contributed by atoms with Crippen LogP contribution in [0.15, 0.2) is 29.0 Å². The third-order valence-electron chi connectivity index (χ3n) is 2.78. The number of allylic oxidation sites excluding steroid dienone is 2. The van der Waals surface area contributed by atoms with Crippen molar-refractivity contribution in [1.29, 1.82) is 0 Å². The molecule has 84 valence electrons. The minimum Gasteiger partial charge on any atom is -0.346 e. The standard InChI is InChI=1S/C12H7BrN2O2/c13-11-9(17)4-8(16)10(11)7-5-15-12-6(7)2-1-3-14-12/h1-3,5H,4H2,(H,14,15). The molecule has 0 aromatic carbocycles. The molecule has 0 radical (unpaired) electrons. The van der Waals surface area contributed by atoms with Crippen LogP contribution in [0, 0.1) is 0 Å². The zero-order chi connectivity index (χ0) is 12.0. The number of nitrogens with one attached hydrogen (secondary N) is 1. The third kappa shape index (κ3) is 1.46. The Morgan fingerprint density at radius 2 is 2.12 bits per heavy atom. The molecule has 3 rings (SSSR count). The van der Waals surface area contributed by atoms with E-state index in [2.05, 4.69) is 25.9 Å². The highest BCUT2D eigenvalue weighted by molar-refractivity contribution is 9.12. The highest BCUT2D eigenvalue weighted by atomic mass is 79.9. The van der Waals surface area contributed by atoms with Crippen molar-refractivity contribution in [2.45, 2.75) is 6.42 Å². The van der Waals surface area contributed by atoms with Crippen molar-refractivity contribution in [2.24, 2.45) is 0 Å². The molecule has 2 aromatic heterocycles. The second-order valence-electron chi connectivity index (χ2n) is 3.81. The minimum absolute atomic E-state index is 0.0527. The van der Waals surface area contributed by atoms with Crippen molar-refractivity contribution in [3.8, 4) is 0 Å². The van der Waals surface area contributed by atoms with Crippen LogP contribution in [0.2, 0.25) is 0 Å². The first-order valence-corrected chi connectivity index (χ1v) is 5.86. The second kappa shape index (κ2) is 3.63. The number of hydrogen-bond acceptors (Lipinski definition) is 3. The van der Waals surface area contributed by atoms with Crippen LogP contribution in [0.4, 0.5) is 0 Å². The summed E-state index contributed by atoms with van der Waals surface area (Å²) in [7, 11) is 0. The van der Waals surface area contributed by atoms with Gasteiger partial charge in [-0.1, -0.05) is 0 Å². The Kier molecular flexibility index (Phi) is 2.22. The lowest BCUT2D eigenvalue weighted by atomic mass is 10.1. The third-order valence-corrected chi connectivity index (χ3v) is 3.62. The quantitative estimate of drug-likeness (QED) is 0.819. The summed E-state index contributed by atoms with van der Waals surface area (Å²) in [5.74, 6) is -0.310. The Bertz CT molecular complexity index is 685. The van der Waals surface area contributed by atoms with E-state index < -0.39 is 0 Å². The molecule has 0 unspecified atom stereocenters. The molecule has 2 heterocycles. The number of Topliss-reactive ketones (excluding diaryl/α,β-unsaturated/α-hetero) is 2. The van der Waals surface area contributed by atoms with E-state index in [-0.39, 0.29) is 18.0 Å². The zero-order valence-electron chi connectivity index (χ0n) is 8.66. The Hall–Kier alpha value is -1.75. The number of ketones is 2. The first-order valence-electron chi connectivity index (χ1n) is 5.07. The first-order chi connectivity index (χ1) is 8.18. The number of carbonyl (C=O) groups excluding carboxylic acids is 2. The minimum atomic E-state index is -0.164. The van der Waals surface area contributed by atoms with Crippen molar-refractivity contribution in [1.82, 2.24) is 9.97 Å². The van der Waals surface area contributed by atoms with Crippen molar-refractivity contribution >= 4 is 44.1 Å². The van der Waals surface area contributed by atoms with Gasteiger partial charge in [0.05, 0.1) is 10.9 Å². The summed E-state index contributed by atoms with van der Waals surface area (Å²) in [6.07, 6.45) is 3.33. The summed E-state index contributed by atoms with van der Waals surface area (Å²) in [4.78, 5) is 30.4. The molecule has 0 aliphatic heterocycles. The summed E-state index contributed by atoms with van der Waals surface area (Å²) in [5.41, 5.74) is 1.90. The number of aromatic nitrogens is 2.